The molecule has 0 aromatic heterocycles. The van der Waals surface area contributed by atoms with Crippen molar-refractivity contribution in [3.05, 3.63) is 23.8 Å². The molecule has 1 saturated heterocycles. The van der Waals surface area contributed by atoms with Gasteiger partial charge in [0, 0.05) is 31.2 Å². The van der Waals surface area contributed by atoms with E-state index in [1.807, 2.05) is 14.0 Å². The average molecular weight is 343 g/mol. The van der Waals surface area contributed by atoms with Crippen LogP contribution in [0.2, 0.25) is 0 Å². The van der Waals surface area contributed by atoms with Crippen LogP contribution < -0.4 is 25.6 Å². The van der Waals surface area contributed by atoms with Crippen molar-refractivity contribution in [3.63, 3.8) is 0 Å². The third-order valence-electron chi connectivity index (χ3n) is 3.65. The summed E-state index contributed by atoms with van der Waals surface area (Å²) >= 11 is 0. The largest absolute Gasteiger partial charge is 0.495 e. The molecular weight excluding hydrogens is 320 g/mol. The van der Waals surface area contributed by atoms with Gasteiger partial charge in [0.05, 0.1) is 12.8 Å². The summed E-state index contributed by atoms with van der Waals surface area (Å²) < 4.78 is 5.29. The minimum atomic E-state index is -0.181. The number of hydrogen-bond donors (Lipinski definition) is 3. The van der Waals surface area contributed by atoms with Gasteiger partial charge in [-0.15, -0.1) is 12.4 Å². The molecule has 128 valence electrons. The lowest BCUT2D eigenvalue weighted by Gasteiger charge is -2.19. The zero-order chi connectivity index (χ0) is 16.1. The van der Waals surface area contributed by atoms with E-state index in [0.717, 1.165) is 0 Å². The predicted octanol–water partition coefficient (Wildman–Crippen LogP) is 0.984. The Hall–Kier alpha value is -1.99. The van der Waals surface area contributed by atoms with Gasteiger partial charge in [0.1, 0.15) is 5.75 Å². The number of rotatable bonds is 6. The number of ether oxygens (including phenoxy) is 1. The first-order chi connectivity index (χ1) is 10.6. The van der Waals surface area contributed by atoms with Crippen LogP contribution in [0, 0.1) is 0 Å². The maximum absolute atomic E-state index is 12.2. The molecule has 1 aliphatic heterocycles. The highest BCUT2D eigenvalue weighted by Gasteiger charge is 2.25. The second-order valence-electron chi connectivity index (χ2n) is 5.17. The maximum Gasteiger partial charge on any atom is 0.322 e. The molecule has 1 unspecified atom stereocenters. The van der Waals surface area contributed by atoms with Crippen LogP contribution in [0.3, 0.4) is 0 Å². The van der Waals surface area contributed by atoms with Crippen LogP contribution in [0.15, 0.2) is 18.2 Å². The second kappa shape index (κ2) is 8.59. The molecule has 1 aliphatic rings. The third-order valence-corrected chi connectivity index (χ3v) is 3.65. The molecule has 1 aromatic carbocycles. The van der Waals surface area contributed by atoms with Crippen LogP contribution >= 0.6 is 12.4 Å². The molecule has 7 nitrogen and oxygen atoms in total. The number of halogens is 1. The first-order valence-corrected chi connectivity index (χ1v) is 7.25. The van der Waals surface area contributed by atoms with Gasteiger partial charge in [0.25, 0.3) is 5.91 Å². The molecule has 0 saturated carbocycles. The number of nitrogens with one attached hydrogen (secondary N) is 3. The lowest BCUT2D eigenvalue weighted by atomic mass is 10.1. The third kappa shape index (κ3) is 4.49. The Labute approximate surface area is 142 Å². The van der Waals surface area contributed by atoms with Crippen LogP contribution in [0.4, 0.5) is 10.5 Å². The first kappa shape index (κ1) is 19.1. The number of amides is 3. The van der Waals surface area contributed by atoms with Gasteiger partial charge < -0.3 is 20.7 Å². The molecule has 2 rings (SSSR count). The lowest BCUT2D eigenvalue weighted by Crippen LogP contribution is -2.37. The normalized spacial score (nSPS) is 14.7. The van der Waals surface area contributed by atoms with E-state index in [4.69, 9.17) is 4.74 Å². The molecule has 0 bridgehead atoms. The minimum absolute atomic E-state index is 0. The molecule has 1 heterocycles. The standard InChI is InChI=1S/C15H22N4O3.ClH/c1-10(16-2)9-18-14(20)11-4-5-13(22-3)12(8-11)19-7-6-17-15(19)21;/h4-5,8,10,16H,6-7,9H2,1-3H3,(H,17,21)(H,18,20);1H. The minimum Gasteiger partial charge on any atom is -0.495 e. The summed E-state index contributed by atoms with van der Waals surface area (Å²) in [4.78, 5) is 25.6. The van der Waals surface area contributed by atoms with Crippen LogP contribution in [0.1, 0.15) is 17.3 Å². The van der Waals surface area contributed by atoms with E-state index in [1.165, 1.54) is 0 Å². The molecule has 3 N–H and O–H groups in total. The molecule has 0 aliphatic carbocycles. The van der Waals surface area contributed by atoms with E-state index in [-0.39, 0.29) is 30.4 Å². The number of carbonyl (C=O) groups excluding carboxylic acids is 2. The molecule has 23 heavy (non-hydrogen) atoms. The van der Waals surface area contributed by atoms with Crippen molar-refractivity contribution < 1.29 is 14.3 Å². The van der Waals surface area contributed by atoms with E-state index in [9.17, 15) is 9.59 Å². The molecule has 8 heteroatoms. The number of methoxy groups -OCH3 is 1. The lowest BCUT2D eigenvalue weighted by molar-refractivity contribution is 0.0950. The highest BCUT2D eigenvalue weighted by Crippen LogP contribution is 2.30. The monoisotopic (exact) mass is 342 g/mol. The molecule has 1 aromatic rings. The molecule has 0 radical (unpaired) electrons. The van der Waals surface area contributed by atoms with E-state index in [0.29, 0.717) is 36.6 Å². The number of carbonyl (C=O) groups is 2. The van der Waals surface area contributed by atoms with Crippen LogP contribution in [0.25, 0.3) is 0 Å². The van der Waals surface area contributed by atoms with Crippen LogP contribution in [0.5, 0.6) is 5.75 Å². The summed E-state index contributed by atoms with van der Waals surface area (Å²) in [6.07, 6.45) is 0. The highest BCUT2D eigenvalue weighted by atomic mass is 35.5. The number of hydrogen-bond acceptors (Lipinski definition) is 4. The number of urea groups is 1. The number of benzene rings is 1. The zero-order valence-corrected chi connectivity index (χ0v) is 14.3. The SMILES string of the molecule is CNC(C)CNC(=O)c1ccc(OC)c(N2CCNC2=O)c1.Cl. The Bertz CT molecular complexity index is 568. The van der Waals surface area contributed by atoms with Gasteiger partial charge in [-0.2, -0.15) is 0 Å². The highest BCUT2D eigenvalue weighted by molar-refractivity contribution is 5.99. The van der Waals surface area contributed by atoms with Gasteiger partial charge in [-0.05, 0) is 32.2 Å². The first-order valence-electron chi connectivity index (χ1n) is 7.25. The Kier molecular flexibility index (Phi) is 7.12. The Morgan fingerprint density at radius 2 is 2.22 bits per heavy atom. The second-order valence-corrected chi connectivity index (χ2v) is 5.17. The van der Waals surface area contributed by atoms with Crippen LogP contribution in [-0.4, -0.2) is 51.8 Å². The fourth-order valence-electron chi connectivity index (χ4n) is 2.19. The summed E-state index contributed by atoms with van der Waals surface area (Å²) in [7, 11) is 3.38. The average Bonchev–Trinajstić information content (AvgIpc) is 2.97. The van der Waals surface area contributed by atoms with Gasteiger partial charge in [0.15, 0.2) is 0 Å². The van der Waals surface area contributed by atoms with E-state index >= 15 is 0 Å². The summed E-state index contributed by atoms with van der Waals surface area (Å²) in [5.41, 5.74) is 1.10. The Balaban J connectivity index is 0.00000264. The summed E-state index contributed by atoms with van der Waals surface area (Å²) in [5, 5.41) is 8.65. The summed E-state index contributed by atoms with van der Waals surface area (Å²) in [5.74, 6) is 0.391. The molecule has 3 amide bonds. The maximum atomic E-state index is 12.2. The molecule has 1 atom stereocenters. The molecule has 1 fully saturated rings. The van der Waals surface area contributed by atoms with E-state index in [2.05, 4.69) is 16.0 Å². The topological polar surface area (TPSA) is 82.7 Å². The van der Waals surface area contributed by atoms with Crippen LogP contribution in [-0.2, 0) is 0 Å². The Morgan fingerprint density at radius 3 is 2.78 bits per heavy atom. The van der Waals surface area contributed by atoms with Crippen molar-refractivity contribution >= 4 is 30.0 Å². The predicted molar refractivity (Wildman–Crippen MR) is 91.8 cm³/mol. The van der Waals surface area contributed by atoms with Gasteiger partial charge >= 0.3 is 6.03 Å². The molecular formula is C15H23ClN4O3. The summed E-state index contributed by atoms with van der Waals surface area (Å²) in [6, 6.07) is 5.08. The van der Waals surface area contributed by atoms with Gasteiger partial charge in [-0.25, -0.2) is 4.79 Å². The van der Waals surface area contributed by atoms with Crippen molar-refractivity contribution in [1.82, 2.24) is 16.0 Å². The summed E-state index contributed by atoms with van der Waals surface area (Å²) in [6.45, 7) is 3.64. The van der Waals surface area contributed by atoms with E-state index in [1.54, 1.807) is 30.2 Å². The number of nitrogens with zero attached hydrogens (tertiary/aromatic N) is 1. The van der Waals surface area contributed by atoms with E-state index < -0.39 is 0 Å². The van der Waals surface area contributed by atoms with Crippen molar-refractivity contribution in [2.45, 2.75) is 13.0 Å². The molecule has 0 spiro atoms. The fraction of sp³-hybridized carbons (Fsp3) is 0.467. The van der Waals surface area contributed by atoms with Crippen molar-refractivity contribution in [2.75, 3.05) is 38.7 Å². The van der Waals surface area contributed by atoms with Crippen molar-refractivity contribution in [1.29, 1.82) is 0 Å². The Morgan fingerprint density at radius 1 is 1.48 bits per heavy atom. The van der Waals surface area contributed by atoms with Gasteiger partial charge in [-0.3, -0.25) is 9.69 Å². The quantitative estimate of drug-likeness (QED) is 0.720. The van der Waals surface area contributed by atoms with Crippen molar-refractivity contribution in [3.8, 4) is 5.75 Å². The zero-order valence-electron chi connectivity index (χ0n) is 13.5. The van der Waals surface area contributed by atoms with Gasteiger partial charge in [-0.1, -0.05) is 0 Å². The number of anilines is 1. The smallest absolute Gasteiger partial charge is 0.322 e. The fourth-order valence-corrected chi connectivity index (χ4v) is 2.19. The van der Waals surface area contributed by atoms with Crippen molar-refractivity contribution in [2.24, 2.45) is 0 Å². The van der Waals surface area contributed by atoms with Gasteiger partial charge in [0.2, 0.25) is 0 Å². The number of likely N-dealkylation sites (N-methyl/N-ethyl adjacent to an activating group) is 1.